The van der Waals surface area contributed by atoms with Crippen molar-refractivity contribution < 1.29 is 41.6 Å². The number of hydrogen-bond donors (Lipinski definition) is 5. The van der Waals surface area contributed by atoms with E-state index < -0.39 is 33.4 Å². The van der Waals surface area contributed by atoms with Gasteiger partial charge in [-0.05, 0) is 53.9 Å². The molecule has 1 fully saturated rings. The van der Waals surface area contributed by atoms with Crippen molar-refractivity contribution in [1.29, 1.82) is 5.41 Å². The number of esters is 1. The lowest BCUT2D eigenvalue weighted by atomic mass is 10.1. The van der Waals surface area contributed by atoms with Crippen molar-refractivity contribution in [2.45, 2.75) is 19.4 Å². The van der Waals surface area contributed by atoms with E-state index in [0.29, 0.717) is 36.2 Å². The third-order valence-corrected chi connectivity index (χ3v) is 5.21. The van der Waals surface area contributed by atoms with Crippen LogP contribution in [0.15, 0.2) is 52.9 Å². The molecule has 0 saturated heterocycles. The Morgan fingerprint density at radius 2 is 1.72 bits per heavy atom. The zero-order chi connectivity index (χ0) is 26.7. The molecule has 1 aliphatic carbocycles. The van der Waals surface area contributed by atoms with E-state index in [1.165, 1.54) is 12.1 Å². The molecule has 0 spiro atoms. The van der Waals surface area contributed by atoms with Gasteiger partial charge in [-0.2, -0.15) is 8.42 Å². The van der Waals surface area contributed by atoms with Crippen LogP contribution in [0, 0.1) is 10.8 Å². The number of carboxylic acid groups (broad SMARTS) is 1. The number of aliphatic carboxylic acids is 1. The summed E-state index contributed by atoms with van der Waals surface area (Å²) in [5.41, 5.74) is 4.76. The normalized spacial score (nSPS) is 13.7. The molecule has 3 aromatic rings. The number of ether oxygens (including phenoxy) is 1. The Balaban J connectivity index is 0.000000658. The van der Waals surface area contributed by atoms with Crippen LogP contribution in [0.4, 0.5) is 0 Å². The molecule has 0 radical (unpaired) electrons. The Morgan fingerprint density at radius 1 is 1.11 bits per heavy atom. The summed E-state index contributed by atoms with van der Waals surface area (Å²) in [6.07, 6.45) is 1.34. The first-order valence-electron chi connectivity index (χ1n) is 10.4. The highest BCUT2D eigenvalue weighted by Crippen LogP contribution is 2.46. The summed E-state index contributed by atoms with van der Waals surface area (Å²) in [5, 5.41) is 20.8. The number of nitrogens with one attached hydrogen (secondary N) is 2. The molecule has 0 aliphatic heterocycles. The third-order valence-electron chi connectivity index (χ3n) is 5.21. The van der Waals surface area contributed by atoms with Crippen molar-refractivity contribution in [3.05, 3.63) is 65.6 Å². The van der Waals surface area contributed by atoms with Gasteiger partial charge in [-0.25, -0.2) is 4.79 Å². The largest absolute Gasteiger partial charge is 0.480 e. The molecule has 1 aromatic heterocycles. The van der Waals surface area contributed by atoms with Gasteiger partial charge in [0.25, 0.3) is 10.1 Å². The van der Waals surface area contributed by atoms with E-state index in [-0.39, 0.29) is 18.1 Å². The van der Waals surface area contributed by atoms with Crippen molar-refractivity contribution >= 4 is 44.6 Å². The van der Waals surface area contributed by atoms with Gasteiger partial charge in [-0.3, -0.25) is 19.6 Å². The average Bonchev–Trinajstić information content (AvgIpc) is 3.47. The number of nitrogen functional groups attached to an aromatic ring is 1. The number of benzene rings is 2. The average molecular weight is 518 g/mol. The van der Waals surface area contributed by atoms with Gasteiger partial charge in [0.2, 0.25) is 11.7 Å². The number of nitrogens with two attached hydrogens (primary N) is 1. The molecule has 2 aromatic carbocycles. The van der Waals surface area contributed by atoms with Gasteiger partial charge in [0.1, 0.15) is 22.8 Å². The predicted octanol–water partition coefficient (Wildman–Crippen LogP) is 1.92. The predicted molar refractivity (Wildman–Crippen MR) is 127 cm³/mol. The Labute approximate surface area is 205 Å². The number of furan rings is 1. The van der Waals surface area contributed by atoms with Crippen molar-refractivity contribution in [3.8, 4) is 5.75 Å². The van der Waals surface area contributed by atoms with Gasteiger partial charge >= 0.3 is 11.9 Å². The first-order chi connectivity index (χ1) is 16.8. The third kappa shape index (κ3) is 6.67. The number of amides is 1. The van der Waals surface area contributed by atoms with Crippen LogP contribution in [-0.4, -0.2) is 48.0 Å². The van der Waals surface area contributed by atoms with Crippen molar-refractivity contribution in [2.75, 3.05) is 6.26 Å². The summed E-state index contributed by atoms with van der Waals surface area (Å²) in [6, 6.07) is 13.3. The van der Waals surface area contributed by atoms with Gasteiger partial charge in [0.15, 0.2) is 0 Å². The fourth-order valence-corrected chi connectivity index (χ4v) is 3.19. The summed E-state index contributed by atoms with van der Waals surface area (Å²) in [6.45, 7) is -0.0321. The lowest BCUT2D eigenvalue weighted by molar-refractivity contribution is -0.149. The van der Waals surface area contributed by atoms with Crippen molar-refractivity contribution in [1.82, 2.24) is 5.32 Å². The molecule has 0 unspecified atom stereocenters. The van der Waals surface area contributed by atoms with E-state index in [2.05, 4.69) is 5.32 Å². The molecule has 1 heterocycles. The standard InChI is InChI=1S/C22H19N3O6.CH4O3S/c23-18(24)14-2-1-13-10-15(4-3-12(13)9-14)31-19(26)17-6-5-16(30-17)11-25-20(27)22(7-8-22)21(28)29;1-5(2,3)4/h1-6,9-10H,7-8,11H2,(H3,23,24)(H,25,27)(H,28,29);1H3,(H,2,3,4). The van der Waals surface area contributed by atoms with Gasteiger partial charge < -0.3 is 25.3 Å². The smallest absolute Gasteiger partial charge is 0.379 e. The summed E-state index contributed by atoms with van der Waals surface area (Å²) in [7, 11) is -3.67. The number of fused-ring (bicyclic) bond motifs is 1. The van der Waals surface area contributed by atoms with Crippen LogP contribution < -0.4 is 15.8 Å². The van der Waals surface area contributed by atoms with Crippen LogP contribution in [0.3, 0.4) is 0 Å². The number of hydrogen-bond acceptors (Lipinski definition) is 8. The molecule has 13 heteroatoms. The van der Waals surface area contributed by atoms with Crippen LogP contribution in [0.25, 0.3) is 10.8 Å². The number of carbonyl (C=O) groups excluding carboxylic acids is 2. The second-order valence-electron chi connectivity index (χ2n) is 8.10. The minimum atomic E-state index is -3.67. The maximum Gasteiger partial charge on any atom is 0.379 e. The van der Waals surface area contributed by atoms with E-state index in [4.69, 9.17) is 30.0 Å². The number of carboxylic acids is 1. The maximum atomic E-state index is 12.4. The molecule has 1 aliphatic rings. The van der Waals surface area contributed by atoms with Crippen LogP contribution in [0.2, 0.25) is 0 Å². The van der Waals surface area contributed by atoms with Gasteiger partial charge in [-0.1, -0.05) is 18.2 Å². The first kappa shape index (κ1) is 26.4. The van der Waals surface area contributed by atoms with E-state index in [0.717, 1.165) is 10.8 Å². The van der Waals surface area contributed by atoms with Crippen LogP contribution >= 0.6 is 0 Å². The van der Waals surface area contributed by atoms with Crippen molar-refractivity contribution in [2.24, 2.45) is 11.1 Å². The van der Waals surface area contributed by atoms with Crippen LogP contribution in [0.5, 0.6) is 5.75 Å². The molecular weight excluding hydrogens is 494 g/mol. The molecule has 190 valence electrons. The fraction of sp³-hybridized carbons (Fsp3) is 0.217. The Morgan fingerprint density at radius 3 is 2.31 bits per heavy atom. The van der Waals surface area contributed by atoms with E-state index in [1.807, 2.05) is 0 Å². The molecule has 12 nitrogen and oxygen atoms in total. The van der Waals surface area contributed by atoms with E-state index in [9.17, 15) is 22.8 Å². The number of amidine groups is 1. The van der Waals surface area contributed by atoms with Crippen LogP contribution in [-0.2, 0) is 26.3 Å². The highest BCUT2D eigenvalue weighted by Gasteiger charge is 2.57. The summed E-state index contributed by atoms with van der Waals surface area (Å²) < 4.78 is 36.6. The highest BCUT2D eigenvalue weighted by atomic mass is 32.2. The topological polar surface area (TPSA) is 210 Å². The highest BCUT2D eigenvalue weighted by molar-refractivity contribution is 7.85. The zero-order valence-electron chi connectivity index (χ0n) is 19.0. The quantitative estimate of drug-likeness (QED) is 0.0767. The second kappa shape index (κ2) is 10.2. The molecule has 6 N–H and O–H groups in total. The van der Waals surface area contributed by atoms with E-state index >= 15 is 0 Å². The molecule has 36 heavy (non-hydrogen) atoms. The molecule has 0 atom stereocenters. The molecule has 0 bridgehead atoms. The van der Waals surface area contributed by atoms with Crippen molar-refractivity contribution in [3.63, 3.8) is 0 Å². The minimum Gasteiger partial charge on any atom is -0.480 e. The second-order valence-corrected chi connectivity index (χ2v) is 9.56. The Kier molecular flexibility index (Phi) is 7.45. The first-order valence-corrected chi connectivity index (χ1v) is 12.3. The lowest BCUT2D eigenvalue weighted by Gasteiger charge is -2.09. The monoisotopic (exact) mass is 517 g/mol. The van der Waals surface area contributed by atoms with Gasteiger partial charge in [-0.15, -0.1) is 0 Å². The zero-order valence-corrected chi connectivity index (χ0v) is 19.8. The Bertz CT molecular complexity index is 1450. The van der Waals surface area contributed by atoms with Gasteiger partial charge in [0, 0.05) is 5.56 Å². The van der Waals surface area contributed by atoms with E-state index in [1.54, 1.807) is 36.4 Å². The van der Waals surface area contributed by atoms with Gasteiger partial charge in [0.05, 0.1) is 12.8 Å². The van der Waals surface area contributed by atoms with Crippen LogP contribution in [0.1, 0.15) is 34.7 Å². The maximum absolute atomic E-state index is 12.4. The molecule has 4 rings (SSSR count). The minimum absolute atomic E-state index is 0.0301. The number of carbonyl (C=O) groups is 3. The fourth-order valence-electron chi connectivity index (χ4n) is 3.19. The summed E-state index contributed by atoms with van der Waals surface area (Å²) in [4.78, 5) is 35.6. The lowest BCUT2D eigenvalue weighted by Crippen LogP contribution is -2.36. The summed E-state index contributed by atoms with van der Waals surface area (Å²) >= 11 is 0. The molecular formula is C23H23N3O9S. The number of rotatable bonds is 7. The Hall–Kier alpha value is -4.23. The molecule has 1 saturated carbocycles. The molecule has 1 amide bonds. The summed E-state index contributed by atoms with van der Waals surface area (Å²) in [5.74, 6) is -1.87. The SMILES string of the molecule is CS(=O)(=O)O.N=C(N)c1ccc2cc(OC(=O)c3ccc(CNC(=O)C4(C(=O)O)CC4)o3)ccc2c1.